The van der Waals surface area contributed by atoms with Crippen LogP contribution in [0, 0.1) is 0 Å². The maximum atomic E-state index is 13.9. The predicted molar refractivity (Wildman–Crippen MR) is 158 cm³/mol. The van der Waals surface area contributed by atoms with Crippen LogP contribution in [-0.2, 0) is 22.3 Å². The fraction of sp³-hybridized carbons (Fsp3) is 0.464. The fourth-order valence-corrected chi connectivity index (χ4v) is 5.70. The Balaban J connectivity index is 1.64. The molecule has 5 rings (SSSR count). The number of nitrogens with zero attached hydrogens (tertiary/aromatic N) is 6. The number of anilines is 1. The molecule has 1 aromatic carbocycles. The van der Waals surface area contributed by atoms with Gasteiger partial charge < -0.3 is 9.47 Å². The van der Waals surface area contributed by atoms with Crippen molar-refractivity contribution in [1.29, 1.82) is 0 Å². The van der Waals surface area contributed by atoms with Gasteiger partial charge in [0.25, 0.3) is 0 Å². The summed E-state index contributed by atoms with van der Waals surface area (Å²) in [5.74, 6) is 0.332. The van der Waals surface area contributed by atoms with Crippen molar-refractivity contribution in [1.82, 2.24) is 24.1 Å². The first-order valence-corrected chi connectivity index (χ1v) is 15.1. The van der Waals surface area contributed by atoms with Gasteiger partial charge in [-0.05, 0) is 94.6 Å². The van der Waals surface area contributed by atoms with Crippen LogP contribution in [0.25, 0.3) is 16.6 Å². The molecule has 1 amide bonds. The monoisotopic (exact) mass is 628 g/mol. The number of fused-ring (bicyclic) bond motifs is 4. The van der Waals surface area contributed by atoms with Gasteiger partial charge in [-0.25, -0.2) is 24.0 Å². The van der Waals surface area contributed by atoms with Crippen LogP contribution in [0.4, 0.5) is 15.5 Å². The summed E-state index contributed by atoms with van der Waals surface area (Å²) >= 11 is 4.90. The van der Waals surface area contributed by atoms with Crippen molar-refractivity contribution in [2.24, 2.45) is 0 Å². The lowest BCUT2D eigenvalue weighted by molar-refractivity contribution is 0.0527. The average molecular weight is 630 g/mol. The number of ether oxygens (including phenoxy) is 2. The molecule has 4 aromatic rings. The SMILES string of the molecule is CSc1nc(N(C(=O)OC(C)(C)C)[C@@H]2CCc3c(c4ccccc4n3C(=O)OC(C)(C)C)C2)n2ncc(Br)c2n1. The number of hydrogen-bond donors (Lipinski definition) is 0. The highest BCUT2D eigenvalue weighted by Gasteiger charge is 2.38. The van der Waals surface area contributed by atoms with E-state index < -0.39 is 23.4 Å². The molecule has 10 nitrogen and oxygen atoms in total. The van der Waals surface area contributed by atoms with E-state index in [0.29, 0.717) is 40.5 Å². The Morgan fingerprint density at radius 3 is 2.45 bits per heavy atom. The van der Waals surface area contributed by atoms with Crippen molar-refractivity contribution in [3.05, 3.63) is 46.2 Å². The maximum absolute atomic E-state index is 13.9. The molecule has 0 N–H and O–H groups in total. The maximum Gasteiger partial charge on any atom is 0.419 e. The summed E-state index contributed by atoms with van der Waals surface area (Å²) in [6, 6.07) is 7.50. The molecule has 3 aromatic heterocycles. The molecule has 0 radical (unpaired) electrons. The number of carbonyl (C=O) groups excluding carboxylic acids is 2. The molecular formula is C28H33BrN6O4S. The second-order valence-electron chi connectivity index (χ2n) is 11.7. The Bertz CT molecular complexity index is 1620. The van der Waals surface area contributed by atoms with Crippen molar-refractivity contribution in [2.75, 3.05) is 11.2 Å². The summed E-state index contributed by atoms with van der Waals surface area (Å²) in [5, 5.41) is 5.93. The van der Waals surface area contributed by atoms with E-state index in [1.165, 1.54) is 11.8 Å². The number of benzene rings is 1. The van der Waals surface area contributed by atoms with Crippen LogP contribution in [0.2, 0.25) is 0 Å². The van der Waals surface area contributed by atoms with Gasteiger partial charge >= 0.3 is 12.2 Å². The van der Waals surface area contributed by atoms with Crippen LogP contribution in [0.5, 0.6) is 0 Å². The number of halogens is 1. The number of para-hydroxylation sites is 1. The zero-order valence-corrected chi connectivity index (χ0v) is 26.1. The molecule has 3 heterocycles. The van der Waals surface area contributed by atoms with E-state index in [1.54, 1.807) is 20.2 Å². The summed E-state index contributed by atoms with van der Waals surface area (Å²) in [5.41, 5.74) is 1.89. The van der Waals surface area contributed by atoms with Gasteiger partial charge in [0, 0.05) is 17.1 Å². The zero-order valence-electron chi connectivity index (χ0n) is 23.7. The van der Waals surface area contributed by atoms with Crippen molar-refractivity contribution in [3.8, 4) is 0 Å². The van der Waals surface area contributed by atoms with Crippen LogP contribution in [0.1, 0.15) is 59.2 Å². The van der Waals surface area contributed by atoms with E-state index in [1.807, 2.05) is 72.1 Å². The lowest BCUT2D eigenvalue weighted by atomic mass is 9.90. The number of thioether (sulfide) groups is 1. The summed E-state index contributed by atoms with van der Waals surface area (Å²) in [6.07, 6.45) is 4.22. The Kier molecular flexibility index (Phi) is 7.37. The van der Waals surface area contributed by atoms with Gasteiger partial charge in [-0.3, -0.25) is 0 Å². The van der Waals surface area contributed by atoms with Gasteiger partial charge in [0.15, 0.2) is 10.8 Å². The van der Waals surface area contributed by atoms with Crippen LogP contribution >= 0.6 is 27.7 Å². The number of rotatable bonds is 3. The first-order valence-electron chi connectivity index (χ1n) is 13.1. The predicted octanol–water partition coefficient (Wildman–Crippen LogP) is 6.65. The van der Waals surface area contributed by atoms with Gasteiger partial charge in [-0.15, -0.1) is 0 Å². The second-order valence-corrected chi connectivity index (χ2v) is 13.4. The Morgan fingerprint density at radius 1 is 1.07 bits per heavy atom. The highest BCUT2D eigenvalue weighted by Crippen LogP contribution is 2.36. The molecule has 0 fully saturated rings. The number of hydrogen-bond acceptors (Lipinski definition) is 8. The van der Waals surface area contributed by atoms with Crippen molar-refractivity contribution >= 4 is 62.4 Å². The van der Waals surface area contributed by atoms with E-state index in [0.717, 1.165) is 22.2 Å². The molecular weight excluding hydrogens is 596 g/mol. The third kappa shape index (κ3) is 5.43. The van der Waals surface area contributed by atoms with Crippen molar-refractivity contribution in [2.45, 2.75) is 83.2 Å². The van der Waals surface area contributed by atoms with E-state index in [4.69, 9.17) is 14.5 Å². The van der Waals surface area contributed by atoms with E-state index in [9.17, 15) is 9.59 Å². The zero-order chi connectivity index (χ0) is 29.0. The third-order valence-electron chi connectivity index (χ3n) is 6.46. The number of aromatic nitrogens is 5. The third-order valence-corrected chi connectivity index (χ3v) is 7.57. The molecule has 0 spiro atoms. The summed E-state index contributed by atoms with van der Waals surface area (Å²) in [7, 11) is 0. The summed E-state index contributed by atoms with van der Waals surface area (Å²) in [4.78, 5) is 38.1. The Hall–Kier alpha value is -3.12. The fourth-order valence-electron chi connectivity index (χ4n) is 5.00. The highest BCUT2D eigenvalue weighted by molar-refractivity contribution is 9.10. The minimum absolute atomic E-state index is 0.309. The molecule has 0 aliphatic heterocycles. The Labute approximate surface area is 245 Å². The van der Waals surface area contributed by atoms with Crippen LogP contribution < -0.4 is 4.90 Å². The topological polar surface area (TPSA) is 104 Å². The molecule has 1 aliphatic rings. The molecule has 0 saturated carbocycles. The second kappa shape index (κ2) is 10.4. The molecule has 0 bridgehead atoms. The molecule has 0 saturated heterocycles. The van der Waals surface area contributed by atoms with Gasteiger partial charge in [0.05, 0.1) is 16.2 Å². The summed E-state index contributed by atoms with van der Waals surface area (Å²) < 4.78 is 15.6. The van der Waals surface area contributed by atoms with E-state index in [2.05, 4.69) is 26.0 Å². The lowest BCUT2D eigenvalue weighted by Gasteiger charge is -2.35. The van der Waals surface area contributed by atoms with Crippen LogP contribution in [0.15, 0.2) is 40.1 Å². The first kappa shape index (κ1) is 28.4. The van der Waals surface area contributed by atoms with Crippen molar-refractivity contribution in [3.63, 3.8) is 0 Å². The minimum atomic E-state index is -0.721. The number of carbonyl (C=O) groups is 2. The van der Waals surface area contributed by atoms with Gasteiger partial charge in [0.2, 0.25) is 5.95 Å². The summed E-state index contributed by atoms with van der Waals surface area (Å²) in [6.45, 7) is 11.1. The van der Waals surface area contributed by atoms with E-state index in [-0.39, 0.29) is 6.04 Å². The van der Waals surface area contributed by atoms with Crippen LogP contribution in [-0.4, -0.2) is 59.8 Å². The molecule has 12 heteroatoms. The van der Waals surface area contributed by atoms with Gasteiger partial charge in [0.1, 0.15) is 11.2 Å². The smallest absolute Gasteiger partial charge is 0.419 e. The van der Waals surface area contributed by atoms with Gasteiger partial charge in [-0.2, -0.15) is 14.6 Å². The average Bonchev–Trinajstić information content (AvgIpc) is 3.39. The molecule has 1 atom stereocenters. The quantitative estimate of drug-likeness (QED) is 0.232. The largest absolute Gasteiger partial charge is 0.443 e. The van der Waals surface area contributed by atoms with Gasteiger partial charge in [-0.1, -0.05) is 30.0 Å². The Morgan fingerprint density at radius 2 is 1.77 bits per heavy atom. The lowest BCUT2D eigenvalue weighted by Crippen LogP contribution is -2.47. The minimum Gasteiger partial charge on any atom is -0.443 e. The normalized spacial score (nSPS) is 15.8. The standard InChI is InChI=1S/C28H33BrN6O4S/c1-27(2,3)38-25(36)33(24-32-23(40-7)31-22-19(29)15-30-35(22)24)16-12-13-21-18(14-16)17-10-8-9-11-20(17)34(21)26(37)39-28(4,5)6/h8-11,15-16H,12-14H2,1-7H3/t16-/m1/s1. The van der Waals surface area contributed by atoms with Crippen molar-refractivity contribution < 1.29 is 19.1 Å². The highest BCUT2D eigenvalue weighted by atomic mass is 79.9. The molecule has 212 valence electrons. The first-order chi connectivity index (χ1) is 18.8. The molecule has 1 aliphatic carbocycles. The molecule has 40 heavy (non-hydrogen) atoms. The molecule has 0 unspecified atom stereocenters. The van der Waals surface area contributed by atoms with E-state index >= 15 is 0 Å². The number of amides is 1. The van der Waals surface area contributed by atoms with Crippen LogP contribution in [0.3, 0.4) is 0 Å².